The van der Waals surface area contributed by atoms with E-state index >= 15 is 0 Å². The van der Waals surface area contributed by atoms with Crippen molar-refractivity contribution >= 4 is 85.4 Å². The number of fused-ring (bicyclic) bond motifs is 2. The molecule has 1 aromatic heterocycles. The number of ether oxygens (including phenoxy) is 2. The summed E-state index contributed by atoms with van der Waals surface area (Å²) in [6.45, 7) is 0.485. The highest BCUT2D eigenvalue weighted by Gasteiger charge is 2.31. The molecule has 190 valence electrons. The third-order valence-electron chi connectivity index (χ3n) is 5.30. The summed E-state index contributed by atoms with van der Waals surface area (Å²) in [6, 6.07) is 13.2. The zero-order valence-corrected chi connectivity index (χ0v) is 22.5. The van der Waals surface area contributed by atoms with E-state index in [1.165, 1.54) is 39.8 Å². The highest BCUT2D eigenvalue weighted by Crippen LogP contribution is 2.36. The number of carbonyl (C=O) groups is 3. The van der Waals surface area contributed by atoms with Crippen LogP contribution in [0.5, 0.6) is 11.5 Å². The molecule has 2 aliphatic heterocycles. The van der Waals surface area contributed by atoms with E-state index in [1.807, 2.05) is 36.4 Å². The van der Waals surface area contributed by atoms with Crippen LogP contribution in [0.3, 0.4) is 0 Å². The molecule has 3 aromatic rings. The van der Waals surface area contributed by atoms with E-state index in [1.54, 1.807) is 12.1 Å². The van der Waals surface area contributed by atoms with Gasteiger partial charge in [-0.1, -0.05) is 53.9 Å². The molecule has 3 amide bonds. The Kier molecular flexibility index (Phi) is 7.93. The van der Waals surface area contributed by atoms with Crippen molar-refractivity contribution in [2.75, 3.05) is 19.1 Å². The maximum Gasteiger partial charge on any atom is 0.266 e. The number of thioether (sulfide) groups is 2. The Balaban J connectivity index is 1.03. The number of hydrogen-bond donors (Lipinski definition) is 2. The number of thiazole rings is 1. The maximum absolute atomic E-state index is 12.8. The van der Waals surface area contributed by atoms with Crippen LogP contribution in [0.2, 0.25) is 0 Å². The standard InChI is InChI=1S/C24H20N4O5S4/c29-20(26-27-21(30)12-35-23-25-15-4-1-2-5-18(15)36-23)6-3-9-28-22(31)19(37-24(28)34)11-14-7-8-16-17(10-14)33-13-32-16/h1-2,4-5,7-8,10-11H,3,6,9,12-13H2,(H,26,29)(H,27,30). The number of benzene rings is 2. The molecule has 9 nitrogen and oxygen atoms in total. The third-order valence-corrected chi connectivity index (χ3v) is 8.85. The number of nitrogens with zero attached hydrogens (tertiary/aromatic N) is 2. The quantitative estimate of drug-likeness (QED) is 0.179. The molecule has 1 saturated heterocycles. The lowest BCUT2D eigenvalue weighted by atomic mass is 10.2. The monoisotopic (exact) mass is 572 g/mol. The lowest BCUT2D eigenvalue weighted by Gasteiger charge is -2.14. The fourth-order valence-corrected chi connectivity index (χ4v) is 6.70. The Hall–Kier alpha value is -3.13. The zero-order valence-electron chi connectivity index (χ0n) is 19.2. The fourth-order valence-electron chi connectivity index (χ4n) is 3.52. The lowest BCUT2D eigenvalue weighted by Crippen LogP contribution is -2.42. The second-order valence-corrected chi connectivity index (χ2v) is 11.8. The van der Waals surface area contributed by atoms with E-state index in [0.717, 1.165) is 20.1 Å². The maximum atomic E-state index is 12.8. The second-order valence-electron chi connectivity index (χ2n) is 7.88. The second kappa shape index (κ2) is 11.5. The van der Waals surface area contributed by atoms with Crippen molar-refractivity contribution < 1.29 is 23.9 Å². The summed E-state index contributed by atoms with van der Waals surface area (Å²) in [6.07, 6.45) is 2.28. The SMILES string of the molecule is O=C(CCCN1C(=O)C(=Cc2ccc3c(c2)OCO3)SC1=S)NNC(=O)CSc1nc2ccccc2s1. The summed E-state index contributed by atoms with van der Waals surface area (Å²) in [5.74, 6) is 0.562. The average molecular weight is 573 g/mol. The van der Waals surface area contributed by atoms with Gasteiger partial charge in [0.15, 0.2) is 15.8 Å². The zero-order chi connectivity index (χ0) is 25.8. The van der Waals surface area contributed by atoms with Crippen LogP contribution < -0.4 is 20.3 Å². The molecule has 3 heterocycles. The van der Waals surface area contributed by atoms with Crippen molar-refractivity contribution in [2.24, 2.45) is 0 Å². The molecule has 13 heteroatoms. The molecule has 0 atom stereocenters. The highest BCUT2D eigenvalue weighted by molar-refractivity contribution is 8.26. The highest BCUT2D eigenvalue weighted by atomic mass is 32.2. The number of nitrogens with one attached hydrogen (secondary N) is 2. The third kappa shape index (κ3) is 6.24. The molecular formula is C24H20N4O5S4. The molecule has 0 unspecified atom stereocenters. The average Bonchev–Trinajstić information content (AvgIpc) is 3.59. The molecule has 0 radical (unpaired) electrons. The predicted molar refractivity (Wildman–Crippen MR) is 148 cm³/mol. The molecule has 37 heavy (non-hydrogen) atoms. The number of para-hydroxylation sites is 1. The van der Waals surface area contributed by atoms with Gasteiger partial charge in [-0.2, -0.15) is 0 Å². The summed E-state index contributed by atoms with van der Waals surface area (Å²) in [5, 5.41) is 0. The number of aromatic nitrogens is 1. The molecule has 1 fully saturated rings. The van der Waals surface area contributed by atoms with E-state index in [0.29, 0.717) is 33.7 Å². The molecule has 0 saturated carbocycles. The van der Waals surface area contributed by atoms with Gasteiger partial charge in [0.05, 0.1) is 20.9 Å². The van der Waals surface area contributed by atoms with Crippen LogP contribution in [0.4, 0.5) is 0 Å². The van der Waals surface area contributed by atoms with E-state index in [-0.39, 0.29) is 36.7 Å². The number of hydrogen-bond acceptors (Lipinski definition) is 10. The number of carbonyl (C=O) groups excluding carboxylic acids is 3. The van der Waals surface area contributed by atoms with Crippen molar-refractivity contribution in [3.05, 3.63) is 52.9 Å². The minimum atomic E-state index is -0.348. The summed E-state index contributed by atoms with van der Waals surface area (Å²) < 4.78 is 13.0. The summed E-state index contributed by atoms with van der Waals surface area (Å²) >= 11 is 9.41. The van der Waals surface area contributed by atoms with Gasteiger partial charge >= 0.3 is 0 Å². The van der Waals surface area contributed by atoms with Gasteiger partial charge in [-0.05, 0) is 42.3 Å². The molecule has 2 aliphatic rings. The Bertz CT molecular complexity index is 1390. The van der Waals surface area contributed by atoms with Gasteiger partial charge in [0.1, 0.15) is 4.32 Å². The minimum absolute atomic E-state index is 0.129. The number of hydrazine groups is 1. The van der Waals surface area contributed by atoms with Crippen LogP contribution in [0.15, 0.2) is 51.7 Å². The fraction of sp³-hybridized carbons (Fsp3) is 0.208. The van der Waals surface area contributed by atoms with Gasteiger partial charge < -0.3 is 9.47 Å². The van der Waals surface area contributed by atoms with E-state index in [4.69, 9.17) is 21.7 Å². The first-order chi connectivity index (χ1) is 18.0. The number of amides is 3. The van der Waals surface area contributed by atoms with Gasteiger partial charge in [-0.25, -0.2) is 4.98 Å². The first kappa shape index (κ1) is 25.5. The molecule has 0 aliphatic carbocycles. The van der Waals surface area contributed by atoms with Crippen molar-refractivity contribution in [1.82, 2.24) is 20.7 Å². The normalized spacial score (nSPS) is 15.6. The van der Waals surface area contributed by atoms with Crippen LogP contribution in [0.1, 0.15) is 18.4 Å². The summed E-state index contributed by atoms with van der Waals surface area (Å²) in [5.41, 5.74) is 6.53. The summed E-state index contributed by atoms with van der Waals surface area (Å²) in [7, 11) is 0. The Morgan fingerprint density at radius 1 is 1.14 bits per heavy atom. The van der Waals surface area contributed by atoms with Crippen LogP contribution in [-0.2, 0) is 14.4 Å². The number of rotatable bonds is 8. The molecule has 2 N–H and O–H groups in total. The Morgan fingerprint density at radius 2 is 1.95 bits per heavy atom. The van der Waals surface area contributed by atoms with Gasteiger partial charge in [0.2, 0.25) is 18.6 Å². The molecule has 5 rings (SSSR count). The Labute approximate surface area is 229 Å². The van der Waals surface area contributed by atoms with Gasteiger partial charge in [0.25, 0.3) is 5.91 Å². The van der Waals surface area contributed by atoms with Crippen molar-refractivity contribution in [1.29, 1.82) is 0 Å². The first-order valence-corrected chi connectivity index (χ1v) is 14.2. The van der Waals surface area contributed by atoms with Gasteiger partial charge in [0, 0.05) is 13.0 Å². The van der Waals surface area contributed by atoms with Crippen LogP contribution >= 0.6 is 47.1 Å². The topological polar surface area (TPSA) is 110 Å². The largest absolute Gasteiger partial charge is 0.454 e. The van der Waals surface area contributed by atoms with Crippen molar-refractivity contribution in [3.8, 4) is 11.5 Å². The first-order valence-electron chi connectivity index (χ1n) is 11.2. The predicted octanol–water partition coefficient (Wildman–Crippen LogP) is 3.95. The van der Waals surface area contributed by atoms with Crippen molar-refractivity contribution in [2.45, 2.75) is 17.2 Å². The molecule has 2 aromatic carbocycles. The minimum Gasteiger partial charge on any atom is -0.454 e. The van der Waals surface area contributed by atoms with E-state index in [9.17, 15) is 14.4 Å². The van der Waals surface area contributed by atoms with Gasteiger partial charge in [-0.15, -0.1) is 11.3 Å². The molecular weight excluding hydrogens is 553 g/mol. The molecule has 0 bridgehead atoms. The Morgan fingerprint density at radius 3 is 2.81 bits per heavy atom. The van der Waals surface area contributed by atoms with Gasteiger partial charge in [-0.3, -0.25) is 30.1 Å². The van der Waals surface area contributed by atoms with E-state index in [2.05, 4.69) is 15.8 Å². The lowest BCUT2D eigenvalue weighted by molar-refractivity contribution is -0.128. The van der Waals surface area contributed by atoms with Crippen LogP contribution in [-0.4, -0.2) is 51.0 Å². The molecule has 0 spiro atoms. The van der Waals surface area contributed by atoms with E-state index < -0.39 is 0 Å². The summed E-state index contributed by atoms with van der Waals surface area (Å²) in [4.78, 5) is 43.5. The van der Waals surface area contributed by atoms with Crippen LogP contribution in [0.25, 0.3) is 16.3 Å². The van der Waals surface area contributed by atoms with Crippen LogP contribution in [0, 0.1) is 0 Å². The smallest absolute Gasteiger partial charge is 0.266 e. The number of thiocarbonyl (C=S) groups is 1. The van der Waals surface area contributed by atoms with Crippen molar-refractivity contribution in [3.63, 3.8) is 0 Å².